The molecule has 0 saturated carbocycles. The lowest BCUT2D eigenvalue weighted by Gasteiger charge is -2.08. The lowest BCUT2D eigenvalue weighted by atomic mass is 10.2. The maximum absolute atomic E-state index is 4.45. The van der Waals surface area contributed by atoms with Crippen LogP contribution in [-0.4, -0.2) is 11.0 Å². The Labute approximate surface area is 104 Å². The van der Waals surface area contributed by atoms with Crippen molar-refractivity contribution in [1.29, 1.82) is 0 Å². The molecule has 1 N–H and O–H groups in total. The Balaban J connectivity index is 1.98. The minimum absolute atomic E-state index is 0.576. The summed E-state index contributed by atoms with van der Waals surface area (Å²) >= 11 is 3.53. The SMILES string of the molecule is CCC(C)NCc1cnc(-c2cccs2)s1. The Morgan fingerprint density at radius 2 is 2.38 bits per heavy atom. The molecule has 0 amide bonds. The summed E-state index contributed by atoms with van der Waals surface area (Å²) in [4.78, 5) is 7.02. The molecule has 1 unspecified atom stereocenters. The third kappa shape index (κ3) is 2.90. The molecule has 0 aliphatic heterocycles. The summed E-state index contributed by atoms with van der Waals surface area (Å²) in [5.74, 6) is 0. The fraction of sp³-hybridized carbons (Fsp3) is 0.417. The summed E-state index contributed by atoms with van der Waals surface area (Å²) in [5.41, 5.74) is 0. The molecule has 4 heteroatoms. The van der Waals surface area contributed by atoms with Crippen molar-refractivity contribution in [3.05, 3.63) is 28.6 Å². The van der Waals surface area contributed by atoms with Gasteiger partial charge in [0.1, 0.15) is 5.01 Å². The molecule has 0 radical (unpaired) electrons. The van der Waals surface area contributed by atoms with Gasteiger partial charge in [-0.3, -0.25) is 0 Å². The zero-order valence-corrected chi connectivity index (χ0v) is 11.2. The van der Waals surface area contributed by atoms with Crippen LogP contribution in [0.15, 0.2) is 23.7 Å². The van der Waals surface area contributed by atoms with Gasteiger partial charge in [-0.15, -0.1) is 22.7 Å². The topological polar surface area (TPSA) is 24.9 Å². The average Bonchev–Trinajstić information content (AvgIpc) is 2.95. The van der Waals surface area contributed by atoms with Gasteiger partial charge in [-0.05, 0) is 24.8 Å². The molecule has 2 heterocycles. The number of thiazole rings is 1. The smallest absolute Gasteiger partial charge is 0.133 e. The molecule has 0 bridgehead atoms. The van der Waals surface area contributed by atoms with Crippen molar-refractivity contribution in [1.82, 2.24) is 10.3 Å². The summed E-state index contributed by atoms with van der Waals surface area (Å²) in [6, 6.07) is 4.76. The predicted molar refractivity (Wildman–Crippen MR) is 72.0 cm³/mol. The quantitative estimate of drug-likeness (QED) is 0.876. The van der Waals surface area contributed by atoms with Crippen LogP contribution in [0.1, 0.15) is 25.1 Å². The van der Waals surface area contributed by atoms with Crippen molar-refractivity contribution in [3.63, 3.8) is 0 Å². The van der Waals surface area contributed by atoms with E-state index in [2.05, 4.69) is 41.7 Å². The van der Waals surface area contributed by atoms with Crippen LogP contribution in [0, 0.1) is 0 Å². The van der Waals surface area contributed by atoms with Crippen LogP contribution in [0.4, 0.5) is 0 Å². The Kier molecular flexibility index (Phi) is 4.09. The van der Waals surface area contributed by atoms with E-state index >= 15 is 0 Å². The molecule has 0 aliphatic rings. The van der Waals surface area contributed by atoms with Crippen molar-refractivity contribution in [2.24, 2.45) is 0 Å². The number of nitrogens with one attached hydrogen (secondary N) is 1. The van der Waals surface area contributed by atoms with Crippen LogP contribution in [0.25, 0.3) is 9.88 Å². The first-order valence-electron chi connectivity index (χ1n) is 5.51. The fourth-order valence-electron chi connectivity index (χ4n) is 1.32. The summed E-state index contributed by atoms with van der Waals surface area (Å²) < 4.78 is 0. The van der Waals surface area contributed by atoms with Crippen LogP contribution >= 0.6 is 22.7 Å². The number of hydrogen-bond acceptors (Lipinski definition) is 4. The van der Waals surface area contributed by atoms with Crippen molar-refractivity contribution in [3.8, 4) is 9.88 Å². The summed E-state index contributed by atoms with van der Waals surface area (Å²) in [6.45, 7) is 5.33. The van der Waals surface area contributed by atoms with Crippen molar-refractivity contribution in [2.45, 2.75) is 32.9 Å². The molecule has 0 saturated heterocycles. The summed E-state index contributed by atoms with van der Waals surface area (Å²) in [5, 5.41) is 6.71. The molecule has 2 aromatic heterocycles. The Morgan fingerprint density at radius 1 is 1.50 bits per heavy atom. The van der Waals surface area contributed by atoms with Gasteiger partial charge in [0.25, 0.3) is 0 Å². The van der Waals surface area contributed by atoms with E-state index in [1.165, 1.54) is 9.75 Å². The highest BCUT2D eigenvalue weighted by Crippen LogP contribution is 2.28. The molecule has 0 fully saturated rings. The van der Waals surface area contributed by atoms with Gasteiger partial charge in [0.15, 0.2) is 0 Å². The molecular weight excluding hydrogens is 236 g/mol. The molecular formula is C12H16N2S2. The van der Waals surface area contributed by atoms with Gasteiger partial charge in [-0.2, -0.15) is 0 Å². The number of thiophene rings is 1. The third-order valence-electron chi connectivity index (χ3n) is 2.52. The first-order valence-corrected chi connectivity index (χ1v) is 7.21. The van der Waals surface area contributed by atoms with Gasteiger partial charge >= 0.3 is 0 Å². The monoisotopic (exact) mass is 252 g/mol. The number of nitrogens with zero attached hydrogens (tertiary/aromatic N) is 1. The van der Waals surface area contributed by atoms with Crippen LogP contribution in [0.2, 0.25) is 0 Å². The minimum Gasteiger partial charge on any atom is -0.309 e. The van der Waals surface area contributed by atoms with E-state index in [0.717, 1.165) is 18.0 Å². The molecule has 16 heavy (non-hydrogen) atoms. The number of rotatable bonds is 5. The predicted octanol–water partition coefficient (Wildman–Crippen LogP) is 3.76. The normalized spacial score (nSPS) is 12.9. The molecule has 1 atom stereocenters. The molecule has 0 aromatic carbocycles. The highest BCUT2D eigenvalue weighted by atomic mass is 32.1. The second kappa shape index (κ2) is 5.57. The second-order valence-corrected chi connectivity index (χ2v) is 5.86. The highest BCUT2D eigenvalue weighted by molar-refractivity contribution is 7.20. The second-order valence-electron chi connectivity index (χ2n) is 3.80. The van der Waals surface area contributed by atoms with E-state index < -0.39 is 0 Å². The van der Waals surface area contributed by atoms with Gasteiger partial charge in [0.2, 0.25) is 0 Å². The fourth-order valence-corrected chi connectivity index (χ4v) is 2.99. The highest BCUT2D eigenvalue weighted by Gasteiger charge is 2.06. The number of hydrogen-bond donors (Lipinski definition) is 1. The van der Waals surface area contributed by atoms with Gasteiger partial charge in [0, 0.05) is 23.7 Å². The van der Waals surface area contributed by atoms with Gasteiger partial charge in [-0.25, -0.2) is 4.98 Å². The standard InChI is InChI=1S/C12H16N2S2/c1-3-9(2)13-7-10-8-14-12(16-10)11-5-4-6-15-11/h4-6,8-9,13H,3,7H2,1-2H3. The van der Waals surface area contributed by atoms with E-state index in [1.54, 1.807) is 22.7 Å². The third-order valence-corrected chi connectivity index (χ3v) is 4.56. The van der Waals surface area contributed by atoms with Crippen molar-refractivity contribution >= 4 is 22.7 Å². The van der Waals surface area contributed by atoms with Crippen LogP contribution in [0.3, 0.4) is 0 Å². The van der Waals surface area contributed by atoms with Crippen LogP contribution < -0.4 is 5.32 Å². The van der Waals surface area contributed by atoms with Crippen molar-refractivity contribution in [2.75, 3.05) is 0 Å². The molecule has 2 aromatic rings. The molecule has 86 valence electrons. The first kappa shape index (κ1) is 11.8. The average molecular weight is 252 g/mol. The molecule has 2 rings (SSSR count). The summed E-state index contributed by atoms with van der Waals surface area (Å²) in [7, 11) is 0. The van der Waals surface area contributed by atoms with E-state index in [-0.39, 0.29) is 0 Å². The number of aromatic nitrogens is 1. The van der Waals surface area contributed by atoms with Gasteiger partial charge in [0.05, 0.1) is 4.88 Å². The first-order chi connectivity index (χ1) is 7.79. The van der Waals surface area contributed by atoms with Gasteiger partial charge in [-0.1, -0.05) is 13.0 Å². The van der Waals surface area contributed by atoms with Gasteiger partial charge < -0.3 is 5.32 Å². The van der Waals surface area contributed by atoms with Crippen LogP contribution in [0.5, 0.6) is 0 Å². The molecule has 2 nitrogen and oxygen atoms in total. The Hall–Kier alpha value is -0.710. The lowest BCUT2D eigenvalue weighted by Crippen LogP contribution is -2.23. The Bertz CT molecular complexity index is 420. The zero-order chi connectivity index (χ0) is 11.4. The Morgan fingerprint density at radius 3 is 3.06 bits per heavy atom. The summed E-state index contributed by atoms with van der Waals surface area (Å²) in [6.07, 6.45) is 3.14. The maximum atomic E-state index is 4.45. The van der Waals surface area contributed by atoms with E-state index in [4.69, 9.17) is 0 Å². The largest absolute Gasteiger partial charge is 0.309 e. The zero-order valence-electron chi connectivity index (χ0n) is 9.56. The lowest BCUT2D eigenvalue weighted by molar-refractivity contribution is 0.537. The van der Waals surface area contributed by atoms with E-state index in [1.807, 2.05) is 6.20 Å². The van der Waals surface area contributed by atoms with Crippen LogP contribution in [-0.2, 0) is 6.54 Å². The van der Waals surface area contributed by atoms with E-state index in [9.17, 15) is 0 Å². The maximum Gasteiger partial charge on any atom is 0.133 e. The molecule has 0 spiro atoms. The minimum atomic E-state index is 0.576. The van der Waals surface area contributed by atoms with Crippen molar-refractivity contribution < 1.29 is 0 Å². The molecule has 0 aliphatic carbocycles. The van der Waals surface area contributed by atoms with E-state index in [0.29, 0.717) is 6.04 Å².